The lowest BCUT2D eigenvalue weighted by molar-refractivity contribution is -1.01. The molecule has 1 aromatic rings. The maximum Gasteiger partial charge on any atom is 0.409 e. The van der Waals surface area contributed by atoms with Crippen LogP contribution in [-0.4, -0.2) is 81.9 Å². The number of amides is 2. The van der Waals surface area contributed by atoms with Crippen molar-refractivity contribution < 1.29 is 24.1 Å². The van der Waals surface area contributed by atoms with Gasteiger partial charge >= 0.3 is 6.09 Å². The zero-order valence-corrected chi connectivity index (χ0v) is 18.1. The van der Waals surface area contributed by atoms with E-state index in [0.717, 1.165) is 45.6 Å². The molecule has 7 heteroatoms. The minimum absolute atomic E-state index is 0.131. The molecule has 2 aliphatic heterocycles. The molecule has 7 nitrogen and oxygen atoms in total. The zero-order chi connectivity index (χ0) is 21.2. The number of piperidine rings is 1. The lowest BCUT2D eigenvalue weighted by atomic mass is 10.1. The topological polar surface area (TPSA) is 67.5 Å². The Morgan fingerprint density at radius 3 is 2.43 bits per heavy atom. The standard InChI is InChI=1S/C23H34N4O3/c1-2-30-23(29)27-13-10-21(11-14-27)24-22(28)19-26-17-15-25(16-18-26)12-6-9-20-7-4-3-5-8-20/h3-9,21H,2,10-19H2,1H3,(H,24,28)/p+2/b9-6+. The van der Waals surface area contributed by atoms with Gasteiger partial charge in [-0.2, -0.15) is 0 Å². The second-order valence-corrected chi connectivity index (χ2v) is 8.22. The van der Waals surface area contributed by atoms with E-state index in [1.807, 2.05) is 13.0 Å². The summed E-state index contributed by atoms with van der Waals surface area (Å²) in [5.41, 5.74) is 1.24. The molecule has 1 aromatic carbocycles. The Morgan fingerprint density at radius 1 is 1.10 bits per heavy atom. The second kappa shape index (κ2) is 11.7. The van der Waals surface area contributed by atoms with Gasteiger partial charge in [-0.1, -0.05) is 36.4 Å². The SMILES string of the molecule is CCOC(=O)N1CCC(NC(=O)C[NH+]2CC[NH+](C/C=C/c3ccccc3)CC2)CC1. The fourth-order valence-corrected chi connectivity index (χ4v) is 4.19. The van der Waals surface area contributed by atoms with Gasteiger partial charge < -0.3 is 24.8 Å². The number of hydrogen-bond donors (Lipinski definition) is 3. The third kappa shape index (κ3) is 7.15. The molecule has 2 aliphatic rings. The quantitative estimate of drug-likeness (QED) is 0.546. The van der Waals surface area contributed by atoms with Crippen molar-refractivity contribution in [3.05, 3.63) is 42.0 Å². The number of nitrogens with zero attached hydrogens (tertiary/aromatic N) is 1. The van der Waals surface area contributed by atoms with E-state index in [4.69, 9.17) is 4.74 Å². The molecule has 30 heavy (non-hydrogen) atoms. The lowest BCUT2D eigenvalue weighted by Gasteiger charge is -2.32. The summed E-state index contributed by atoms with van der Waals surface area (Å²) in [5.74, 6) is 0.131. The Kier molecular flexibility index (Phi) is 8.71. The van der Waals surface area contributed by atoms with E-state index in [0.29, 0.717) is 26.2 Å². The van der Waals surface area contributed by atoms with Gasteiger partial charge in [-0.15, -0.1) is 0 Å². The first-order valence-corrected chi connectivity index (χ1v) is 11.2. The van der Waals surface area contributed by atoms with Gasteiger partial charge in [0.15, 0.2) is 6.54 Å². The van der Waals surface area contributed by atoms with Crippen LogP contribution in [0.4, 0.5) is 4.79 Å². The molecule has 0 spiro atoms. The van der Waals surface area contributed by atoms with Crippen LogP contribution in [0, 0.1) is 0 Å². The maximum absolute atomic E-state index is 12.5. The summed E-state index contributed by atoms with van der Waals surface area (Å²) in [4.78, 5) is 28.9. The van der Waals surface area contributed by atoms with Crippen molar-refractivity contribution in [2.24, 2.45) is 0 Å². The van der Waals surface area contributed by atoms with E-state index in [1.165, 1.54) is 10.5 Å². The molecule has 0 unspecified atom stereocenters. The number of piperazine rings is 1. The molecular weight excluding hydrogens is 380 g/mol. The first-order valence-electron chi connectivity index (χ1n) is 11.2. The van der Waals surface area contributed by atoms with Gasteiger partial charge in [0.25, 0.3) is 5.91 Å². The van der Waals surface area contributed by atoms with Crippen LogP contribution < -0.4 is 15.1 Å². The van der Waals surface area contributed by atoms with Gasteiger partial charge in [-0.25, -0.2) is 4.79 Å². The van der Waals surface area contributed by atoms with Crippen LogP contribution in [0.5, 0.6) is 0 Å². The smallest absolute Gasteiger partial charge is 0.409 e. The normalized spacial score (nSPS) is 22.8. The Bertz CT molecular complexity index is 694. The average Bonchev–Trinajstić information content (AvgIpc) is 2.76. The van der Waals surface area contributed by atoms with Crippen LogP contribution in [0.1, 0.15) is 25.3 Å². The van der Waals surface area contributed by atoms with Crippen LogP contribution >= 0.6 is 0 Å². The van der Waals surface area contributed by atoms with E-state index >= 15 is 0 Å². The van der Waals surface area contributed by atoms with Crippen LogP contribution in [0.3, 0.4) is 0 Å². The first kappa shape index (κ1) is 22.3. The largest absolute Gasteiger partial charge is 0.450 e. The Morgan fingerprint density at radius 2 is 1.77 bits per heavy atom. The van der Waals surface area contributed by atoms with Crippen LogP contribution in [0.2, 0.25) is 0 Å². The first-order chi connectivity index (χ1) is 14.6. The highest BCUT2D eigenvalue weighted by atomic mass is 16.6. The third-order valence-corrected chi connectivity index (χ3v) is 5.98. The number of likely N-dealkylation sites (tertiary alicyclic amines) is 1. The van der Waals surface area contributed by atoms with Gasteiger partial charge in [0.2, 0.25) is 0 Å². The molecule has 3 N–H and O–H groups in total. The van der Waals surface area contributed by atoms with Gasteiger partial charge in [0.05, 0.1) is 13.2 Å². The lowest BCUT2D eigenvalue weighted by Crippen LogP contribution is -3.28. The minimum Gasteiger partial charge on any atom is -0.450 e. The van der Waals surface area contributed by atoms with Gasteiger partial charge in [-0.3, -0.25) is 4.79 Å². The molecule has 0 saturated carbocycles. The summed E-state index contributed by atoms with van der Waals surface area (Å²) in [5, 5.41) is 3.16. The number of hydrogen-bond acceptors (Lipinski definition) is 3. The monoisotopic (exact) mass is 416 g/mol. The van der Waals surface area contributed by atoms with Gasteiger partial charge in [-0.05, 0) is 31.4 Å². The molecule has 2 amide bonds. The minimum atomic E-state index is -0.245. The fraction of sp³-hybridized carbons (Fsp3) is 0.565. The van der Waals surface area contributed by atoms with Crippen molar-refractivity contribution in [2.45, 2.75) is 25.8 Å². The fourth-order valence-electron chi connectivity index (χ4n) is 4.19. The number of ether oxygens (including phenoxy) is 1. The number of carbonyl (C=O) groups is 2. The zero-order valence-electron chi connectivity index (χ0n) is 18.1. The van der Waals surface area contributed by atoms with Crippen molar-refractivity contribution in [3.8, 4) is 0 Å². The Balaban J connectivity index is 1.30. The number of benzene rings is 1. The predicted octanol–water partition coefficient (Wildman–Crippen LogP) is -0.780. The molecule has 164 valence electrons. The highest BCUT2D eigenvalue weighted by Crippen LogP contribution is 2.11. The maximum atomic E-state index is 12.5. The molecular formula is C23H36N4O3+2. The van der Waals surface area contributed by atoms with E-state index in [-0.39, 0.29) is 18.0 Å². The average molecular weight is 417 g/mol. The van der Waals surface area contributed by atoms with Crippen molar-refractivity contribution in [3.63, 3.8) is 0 Å². The molecule has 0 aliphatic carbocycles. The van der Waals surface area contributed by atoms with Crippen molar-refractivity contribution in [1.82, 2.24) is 10.2 Å². The van der Waals surface area contributed by atoms with Crippen molar-refractivity contribution in [1.29, 1.82) is 0 Å². The van der Waals surface area contributed by atoms with Gasteiger partial charge in [0.1, 0.15) is 26.2 Å². The summed E-state index contributed by atoms with van der Waals surface area (Å²) in [6.07, 6.45) is 5.79. The van der Waals surface area contributed by atoms with Crippen molar-refractivity contribution >= 4 is 18.1 Å². The van der Waals surface area contributed by atoms with Crippen molar-refractivity contribution in [2.75, 3.05) is 59.0 Å². The predicted molar refractivity (Wildman–Crippen MR) is 116 cm³/mol. The molecule has 0 atom stereocenters. The Hall–Kier alpha value is -2.38. The summed E-state index contributed by atoms with van der Waals surface area (Å²) in [6.45, 7) is 9.35. The molecule has 0 bridgehead atoms. The molecule has 3 rings (SSSR count). The van der Waals surface area contributed by atoms with Gasteiger partial charge in [0, 0.05) is 19.1 Å². The molecule has 0 aromatic heterocycles. The van der Waals surface area contributed by atoms with Crippen LogP contribution in [-0.2, 0) is 9.53 Å². The number of quaternary nitrogens is 2. The highest BCUT2D eigenvalue weighted by Gasteiger charge is 2.27. The second-order valence-electron chi connectivity index (χ2n) is 8.22. The molecule has 2 heterocycles. The van der Waals surface area contributed by atoms with E-state index in [1.54, 1.807) is 9.80 Å². The van der Waals surface area contributed by atoms with Crippen LogP contribution in [0.25, 0.3) is 6.08 Å². The molecule has 2 saturated heterocycles. The Labute approximate surface area is 179 Å². The summed E-state index contributed by atoms with van der Waals surface area (Å²) >= 11 is 0. The summed E-state index contributed by atoms with van der Waals surface area (Å²) < 4.78 is 5.04. The van der Waals surface area contributed by atoms with Crippen LogP contribution in [0.15, 0.2) is 36.4 Å². The highest BCUT2D eigenvalue weighted by molar-refractivity contribution is 5.77. The number of rotatable bonds is 7. The van der Waals surface area contributed by atoms with E-state index in [2.05, 4.69) is 41.7 Å². The summed E-state index contributed by atoms with van der Waals surface area (Å²) in [6, 6.07) is 10.6. The molecule has 2 fully saturated rings. The summed E-state index contributed by atoms with van der Waals surface area (Å²) in [7, 11) is 0. The number of carbonyl (C=O) groups excluding carboxylic acids is 2. The third-order valence-electron chi connectivity index (χ3n) is 5.98. The number of nitrogens with one attached hydrogen (secondary N) is 3. The molecule has 0 radical (unpaired) electrons. The van der Waals surface area contributed by atoms with E-state index < -0.39 is 0 Å². The van der Waals surface area contributed by atoms with E-state index in [9.17, 15) is 9.59 Å².